The first-order chi connectivity index (χ1) is 7.74. The molecule has 1 N–H and O–H groups in total. The van der Waals surface area contributed by atoms with Crippen molar-refractivity contribution in [2.75, 3.05) is 20.2 Å². The molecule has 0 aromatic heterocycles. The van der Waals surface area contributed by atoms with Crippen molar-refractivity contribution < 1.29 is 9.53 Å². The van der Waals surface area contributed by atoms with E-state index in [-0.39, 0.29) is 17.8 Å². The number of rotatable bonds is 2. The molecule has 0 aliphatic carbocycles. The molecular weight excluding hydrogens is 226 g/mol. The highest BCUT2D eigenvalue weighted by Crippen LogP contribution is 2.33. The number of hydrogen-bond donors (Lipinski definition) is 1. The fourth-order valence-corrected chi connectivity index (χ4v) is 2.46. The molecule has 3 nitrogen and oxygen atoms in total. The minimum Gasteiger partial charge on any atom is -0.469 e. The van der Waals surface area contributed by atoms with Crippen LogP contribution in [0.2, 0.25) is 5.02 Å². The van der Waals surface area contributed by atoms with E-state index in [4.69, 9.17) is 16.3 Å². The van der Waals surface area contributed by atoms with Gasteiger partial charge in [-0.25, -0.2) is 0 Å². The van der Waals surface area contributed by atoms with Crippen molar-refractivity contribution in [1.29, 1.82) is 0 Å². The Morgan fingerprint density at radius 3 is 2.88 bits per heavy atom. The molecule has 1 aliphatic heterocycles. The van der Waals surface area contributed by atoms with E-state index < -0.39 is 0 Å². The van der Waals surface area contributed by atoms with Crippen LogP contribution in [0.4, 0.5) is 0 Å². The van der Waals surface area contributed by atoms with E-state index in [1.54, 1.807) is 0 Å². The summed E-state index contributed by atoms with van der Waals surface area (Å²) in [5, 5.41) is 3.92. The number of nitrogens with one attached hydrogen (secondary N) is 1. The van der Waals surface area contributed by atoms with E-state index in [0.29, 0.717) is 11.6 Å². The lowest BCUT2D eigenvalue weighted by Crippen LogP contribution is -2.23. The van der Waals surface area contributed by atoms with Crippen LogP contribution in [-0.2, 0) is 9.53 Å². The number of carbonyl (C=O) groups excluding carboxylic acids is 1. The molecule has 1 saturated heterocycles. The predicted octanol–water partition coefficient (Wildman–Crippen LogP) is 1.82. The summed E-state index contributed by atoms with van der Waals surface area (Å²) in [5.74, 6) is -0.194. The fourth-order valence-electron chi connectivity index (χ4n) is 2.18. The van der Waals surface area contributed by atoms with Crippen molar-refractivity contribution >= 4 is 17.6 Å². The average molecular weight is 240 g/mol. The van der Waals surface area contributed by atoms with Gasteiger partial charge in [-0.1, -0.05) is 29.8 Å². The number of halogens is 1. The van der Waals surface area contributed by atoms with Crippen LogP contribution in [-0.4, -0.2) is 26.2 Å². The smallest absolute Gasteiger partial charge is 0.310 e. The molecule has 86 valence electrons. The molecule has 1 aromatic rings. The summed E-state index contributed by atoms with van der Waals surface area (Å²) < 4.78 is 4.80. The second-order valence-electron chi connectivity index (χ2n) is 3.92. The summed E-state index contributed by atoms with van der Waals surface area (Å²) >= 11 is 6.14. The van der Waals surface area contributed by atoms with Gasteiger partial charge in [0.25, 0.3) is 0 Å². The predicted molar refractivity (Wildman–Crippen MR) is 62.6 cm³/mol. The van der Waals surface area contributed by atoms with Gasteiger partial charge in [-0.05, 0) is 11.6 Å². The van der Waals surface area contributed by atoms with Crippen LogP contribution < -0.4 is 5.32 Å². The maximum absolute atomic E-state index is 11.6. The summed E-state index contributed by atoms with van der Waals surface area (Å²) in [6, 6.07) is 7.65. The molecule has 2 atom stereocenters. The Morgan fingerprint density at radius 1 is 1.44 bits per heavy atom. The standard InChI is InChI=1S/C12H14ClNO2/c1-16-12(15)10-7-14-6-9(10)8-4-2-3-5-11(8)13/h2-5,9-10,14H,6-7H2,1H3. The summed E-state index contributed by atoms with van der Waals surface area (Å²) in [6.45, 7) is 1.42. The Labute approximate surface area is 99.7 Å². The molecule has 2 unspecified atom stereocenters. The molecule has 0 amide bonds. The molecule has 1 fully saturated rings. The molecule has 0 bridgehead atoms. The number of ether oxygens (including phenoxy) is 1. The van der Waals surface area contributed by atoms with Crippen molar-refractivity contribution in [3.63, 3.8) is 0 Å². The number of hydrogen-bond acceptors (Lipinski definition) is 3. The van der Waals surface area contributed by atoms with E-state index >= 15 is 0 Å². The van der Waals surface area contributed by atoms with Gasteiger partial charge in [0, 0.05) is 24.0 Å². The number of methoxy groups -OCH3 is 1. The largest absolute Gasteiger partial charge is 0.469 e. The second-order valence-corrected chi connectivity index (χ2v) is 4.32. The van der Waals surface area contributed by atoms with Crippen molar-refractivity contribution in [3.05, 3.63) is 34.9 Å². The molecule has 4 heteroatoms. The fraction of sp³-hybridized carbons (Fsp3) is 0.417. The Morgan fingerprint density at radius 2 is 2.19 bits per heavy atom. The maximum atomic E-state index is 11.6. The third-order valence-electron chi connectivity index (χ3n) is 3.02. The lowest BCUT2D eigenvalue weighted by Gasteiger charge is -2.17. The van der Waals surface area contributed by atoms with Crippen LogP contribution in [0.25, 0.3) is 0 Å². The van der Waals surface area contributed by atoms with Gasteiger partial charge in [-0.2, -0.15) is 0 Å². The van der Waals surface area contributed by atoms with E-state index in [0.717, 1.165) is 12.1 Å². The van der Waals surface area contributed by atoms with Gasteiger partial charge >= 0.3 is 5.97 Å². The SMILES string of the molecule is COC(=O)C1CNCC1c1ccccc1Cl. The highest BCUT2D eigenvalue weighted by atomic mass is 35.5. The van der Waals surface area contributed by atoms with E-state index in [9.17, 15) is 4.79 Å². The highest BCUT2D eigenvalue weighted by Gasteiger charge is 2.35. The Hall–Kier alpha value is -1.06. The zero-order valence-corrected chi connectivity index (χ0v) is 9.83. The molecule has 16 heavy (non-hydrogen) atoms. The number of carbonyl (C=O) groups is 1. The van der Waals surface area contributed by atoms with Crippen molar-refractivity contribution in [3.8, 4) is 0 Å². The van der Waals surface area contributed by atoms with E-state index in [1.807, 2.05) is 24.3 Å². The summed E-state index contributed by atoms with van der Waals surface area (Å²) in [5.41, 5.74) is 1.02. The van der Waals surface area contributed by atoms with Crippen LogP contribution in [0.1, 0.15) is 11.5 Å². The first-order valence-electron chi connectivity index (χ1n) is 5.27. The molecule has 1 aliphatic rings. The lowest BCUT2D eigenvalue weighted by molar-refractivity contribution is -0.145. The molecule has 0 spiro atoms. The molecule has 0 saturated carbocycles. The topological polar surface area (TPSA) is 38.3 Å². The Balaban J connectivity index is 2.27. The monoisotopic (exact) mass is 239 g/mol. The summed E-state index contributed by atoms with van der Waals surface area (Å²) in [4.78, 5) is 11.6. The van der Waals surface area contributed by atoms with Gasteiger partial charge in [0.15, 0.2) is 0 Å². The molecule has 2 rings (SSSR count). The van der Waals surface area contributed by atoms with Crippen molar-refractivity contribution in [2.24, 2.45) is 5.92 Å². The van der Waals surface area contributed by atoms with Gasteiger partial charge in [0.2, 0.25) is 0 Å². The average Bonchev–Trinajstić information content (AvgIpc) is 2.77. The van der Waals surface area contributed by atoms with Crippen LogP contribution in [0.3, 0.4) is 0 Å². The second kappa shape index (κ2) is 4.85. The van der Waals surface area contributed by atoms with E-state index in [2.05, 4.69) is 5.32 Å². The zero-order chi connectivity index (χ0) is 11.5. The Bertz CT molecular complexity index is 394. The van der Waals surface area contributed by atoms with E-state index in [1.165, 1.54) is 7.11 Å². The lowest BCUT2D eigenvalue weighted by atomic mass is 9.89. The highest BCUT2D eigenvalue weighted by molar-refractivity contribution is 6.31. The maximum Gasteiger partial charge on any atom is 0.310 e. The van der Waals surface area contributed by atoms with Gasteiger partial charge < -0.3 is 10.1 Å². The molecule has 1 heterocycles. The first kappa shape index (κ1) is 11.4. The quantitative estimate of drug-likeness (QED) is 0.800. The molecular formula is C12H14ClNO2. The third kappa shape index (κ3) is 2.06. The molecule has 0 radical (unpaired) electrons. The van der Waals surface area contributed by atoms with Crippen molar-refractivity contribution in [2.45, 2.75) is 5.92 Å². The third-order valence-corrected chi connectivity index (χ3v) is 3.37. The minimum absolute atomic E-state index is 0.112. The van der Waals surface area contributed by atoms with Gasteiger partial charge in [-0.3, -0.25) is 4.79 Å². The molecule has 1 aromatic carbocycles. The normalized spacial score (nSPS) is 24.4. The van der Waals surface area contributed by atoms with Crippen LogP contribution in [0.15, 0.2) is 24.3 Å². The van der Waals surface area contributed by atoms with Gasteiger partial charge in [-0.15, -0.1) is 0 Å². The summed E-state index contributed by atoms with van der Waals surface area (Å²) in [6.07, 6.45) is 0. The number of esters is 1. The van der Waals surface area contributed by atoms with Crippen LogP contribution in [0.5, 0.6) is 0 Å². The van der Waals surface area contributed by atoms with Crippen LogP contribution in [0, 0.1) is 5.92 Å². The van der Waals surface area contributed by atoms with Gasteiger partial charge in [0.1, 0.15) is 0 Å². The van der Waals surface area contributed by atoms with Crippen molar-refractivity contribution in [1.82, 2.24) is 5.32 Å². The minimum atomic E-state index is -0.171. The zero-order valence-electron chi connectivity index (χ0n) is 9.07. The van der Waals surface area contributed by atoms with Gasteiger partial charge in [0.05, 0.1) is 13.0 Å². The number of benzene rings is 1. The summed E-state index contributed by atoms with van der Waals surface area (Å²) in [7, 11) is 1.42. The van der Waals surface area contributed by atoms with Crippen LogP contribution >= 0.6 is 11.6 Å². The Kier molecular flexibility index (Phi) is 3.46. The first-order valence-corrected chi connectivity index (χ1v) is 5.65.